The molecule has 2 rings (SSSR count). The van der Waals surface area contributed by atoms with Gasteiger partial charge in [-0.25, -0.2) is 0 Å². The second-order valence-corrected chi connectivity index (χ2v) is 5.75. The molecule has 20 heavy (non-hydrogen) atoms. The van der Waals surface area contributed by atoms with Gasteiger partial charge in [0.25, 0.3) is 0 Å². The fourth-order valence-electron chi connectivity index (χ4n) is 1.67. The lowest BCUT2D eigenvalue weighted by molar-refractivity contribution is 0.301. The van der Waals surface area contributed by atoms with Gasteiger partial charge in [0.1, 0.15) is 23.9 Å². The van der Waals surface area contributed by atoms with Crippen LogP contribution in [0.15, 0.2) is 45.3 Å². The highest BCUT2D eigenvalue weighted by molar-refractivity contribution is 9.10. The molecule has 5 heteroatoms. The van der Waals surface area contributed by atoms with Crippen molar-refractivity contribution in [2.75, 3.05) is 14.2 Å². The minimum atomic E-state index is 0.447. The smallest absolute Gasteiger partial charge is 0.134 e. The van der Waals surface area contributed by atoms with Crippen molar-refractivity contribution in [2.24, 2.45) is 0 Å². The molecule has 0 bridgehead atoms. The van der Waals surface area contributed by atoms with Gasteiger partial charge >= 0.3 is 0 Å². The minimum absolute atomic E-state index is 0.447. The maximum absolute atomic E-state index is 5.81. The molecule has 0 aromatic heterocycles. The standard InChI is InChI=1S/C15H14Br2O3/c1-18-11-3-5-13(16)10(7-11)9-20-15-6-4-12(19-2)8-14(15)17/h3-8H,9H2,1-2H3. The van der Waals surface area contributed by atoms with E-state index in [0.29, 0.717) is 6.61 Å². The van der Waals surface area contributed by atoms with Crippen LogP contribution in [0.1, 0.15) is 5.56 Å². The zero-order chi connectivity index (χ0) is 14.5. The molecule has 0 saturated heterocycles. The first-order chi connectivity index (χ1) is 9.63. The van der Waals surface area contributed by atoms with E-state index < -0.39 is 0 Å². The van der Waals surface area contributed by atoms with Crippen molar-refractivity contribution in [1.29, 1.82) is 0 Å². The van der Waals surface area contributed by atoms with Crippen molar-refractivity contribution in [1.82, 2.24) is 0 Å². The SMILES string of the molecule is COc1ccc(OCc2cc(OC)ccc2Br)c(Br)c1. The zero-order valence-corrected chi connectivity index (χ0v) is 14.3. The predicted molar refractivity (Wildman–Crippen MR) is 85.7 cm³/mol. The summed E-state index contributed by atoms with van der Waals surface area (Å²) in [5.41, 5.74) is 1.02. The number of methoxy groups -OCH3 is 2. The van der Waals surface area contributed by atoms with E-state index in [4.69, 9.17) is 14.2 Å². The van der Waals surface area contributed by atoms with E-state index in [-0.39, 0.29) is 0 Å². The van der Waals surface area contributed by atoms with Crippen LogP contribution in [-0.4, -0.2) is 14.2 Å². The highest BCUT2D eigenvalue weighted by atomic mass is 79.9. The van der Waals surface area contributed by atoms with Crippen LogP contribution in [0, 0.1) is 0 Å². The van der Waals surface area contributed by atoms with Crippen LogP contribution in [0.2, 0.25) is 0 Å². The van der Waals surface area contributed by atoms with Crippen molar-refractivity contribution in [2.45, 2.75) is 6.61 Å². The third kappa shape index (κ3) is 3.67. The summed E-state index contributed by atoms with van der Waals surface area (Å²) in [6.45, 7) is 0.447. The molecule has 106 valence electrons. The van der Waals surface area contributed by atoms with E-state index in [1.165, 1.54) is 0 Å². The second-order valence-electron chi connectivity index (χ2n) is 4.04. The van der Waals surface area contributed by atoms with Gasteiger partial charge in [0, 0.05) is 10.0 Å². The molecule has 0 saturated carbocycles. The predicted octanol–water partition coefficient (Wildman–Crippen LogP) is 4.81. The van der Waals surface area contributed by atoms with Crippen LogP contribution < -0.4 is 14.2 Å². The summed E-state index contributed by atoms with van der Waals surface area (Å²) >= 11 is 6.97. The Labute approximate surface area is 135 Å². The van der Waals surface area contributed by atoms with Crippen molar-refractivity contribution in [3.05, 3.63) is 50.9 Å². The van der Waals surface area contributed by atoms with Crippen LogP contribution in [0.3, 0.4) is 0 Å². The van der Waals surface area contributed by atoms with Crippen molar-refractivity contribution >= 4 is 31.9 Å². The molecule has 0 heterocycles. The van der Waals surface area contributed by atoms with E-state index >= 15 is 0 Å². The molecule has 0 atom stereocenters. The molecule has 0 fully saturated rings. The van der Waals surface area contributed by atoms with Gasteiger partial charge in [0.2, 0.25) is 0 Å². The van der Waals surface area contributed by atoms with Crippen molar-refractivity contribution in [3.63, 3.8) is 0 Å². The third-order valence-corrected chi connectivity index (χ3v) is 4.17. The van der Waals surface area contributed by atoms with E-state index in [2.05, 4.69) is 31.9 Å². The number of rotatable bonds is 5. The molecule has 0 amide bonds. The highest BCUT2D eigenvalue weighted by Crippen LogP contribution is 2.31. The quantitative estimate of drug-likeness (QED) is 0.719. The van der Waals surface area contributed by atoms with Gasteiger partial charge in [-0.1, -0.05) is 15.9 Å². The fourth-order valence-corrected chi connectivity index (χ4v) is 2.50. The summed E-state index contributed by atoms with van der Waals surface area (Å²) < 4.78 is 18.0. The highest BCUT2D eigenvalue weighted by Gasteiger charge is 2.06. The Morgan fingerprint density at radius 2 is 1.50 bits per heavy atom. The van der Waals surface area contributed by atoms with Crippen molar-refractivity contribution < 1.29 is 14.2 Å². The lowest BCUT2D eigenvalue weighted by Crippen LogP contribution is -1.98. The molecule has 0 N–H and O–H groups in total. The lowest BCUT2D eigenvalue weighted by atomic mass is 10.2. The van der Waals surface area contributed by atoms with Crippen LogP contribution in [0.25, 0.3) is 0 Å². The van der Waals surface area contributed by atoms with Crippen LogP contribution in [0.5, 0.6) is 17.2 Å². The Morgan fingerprint density at radius 3 is 2.15 bits per heavy atom. The van der Waals surface area contributed by atoms with Crippen LogP contribution >= 0.6 is 31.9 Å². The number of hydrogen-bond donors (Lipinski definition) is 0. The van der Waals surface area contributed by atoms with Crippen LogP contribution in [-0.2, 0) is 6.61 Å². The van der Waals surface area contributed by atoms with Gasteiger partial charge in [-0.15, -0.1) is 0 Å². The molecule has 0 radical (unpaired) electrons. The number of halogens is 2. The molecule has 2 aromatic carbocycles. The average Bonchev–Trinajstić information content (AvgIpc) is 2.47. The summed E-state index contributed by atoms with van der Waals surface area (Å²) in [6, 6.07) is 11.4. The second kappa shape index (κ2) is 6.99. The minimum Gasteiger partial charge on any atom is -0.497 e. The maximum Gasteiger partial charge on any atom is 0.134 e. The summed E-state index contributed by atoms with van der Waals surface area (Å²) in [6.07, 6.45) is 0. The molecular weight excluding hydrogens is 388 g/mol. The molecule has 0 aliphatic carbocycles. The molecule has 2 aromatic rings. The summed E-state index contributed by atoms with van der Waals surface area (Å²) in [7, 11) is 3.28. The normalized spacial score (nSPS) is 10.2. The maximum atomic E-state index is 5.81. The summed E-state index contributed by atoms with van der Waals surface area (Å²) in [4.78, 5) is 0. The number of ether oxygens (including phenoxy) is 3. The van der Waals surface area contributed by atoms with Gasteiger partial charge in [-0.3, -0.25) is 0 Å². The molecule has 0 spiro atoms. The monoisotopic (exact) mass is 400 g/mol. The van der Waals surface area contributed by atoms with Gasteiger partial charge in [0.05, 0.1) is 18.7 Å². The molecule has 0 unspecified atom stereocenters. The third-order valence-electron chi connectivity index (χ3n) is 2.78. The summed E-state index contributed by atoms with van der Waals surface area (Å²) in [5.74, 6) is 2.35. The first-order valence-electron chi connectivity index (χ1n) is 5.93. The Morgan fingerprint density at radius 1 is 0.850 bits per heavy atom. The van der Waals surface area contributed by atoms with Gasteiger partial charge in [0.15, 0.2) is 0 Å². The Bertz CT molecular complexity index is 600. The van der Waals surface area contributed by atoms with Crippen molar-refractivity contribution in [3.8, 4) is 17.2 Å². The lowest BCUT2D eigenvalue weighted by Gasteiger charge is -2.11. The van der Waals surface area contributed by atoms with Gasteiger partial charge < -0.3 is 14.2 Å². The largest absolute Gasteiger partial charge is 0.497 e. The first kappa shape index (κ1) is 15.2. The average molecular weight is 402 g/mol. The number of hydrogen-bond acceptors (Lipinski definition) is 3. The zero-order valence-electron chi connectivity index (χ0n) is 11.2. The molecule has 0 aliphatic heterocycles. The molecular formula is C15H14Br2O3. The van der Waals surface area contributed by atoms with E-state index in [1.54, 1.807) is 14.2 Å². The van der Waals surface area contributed by atoms with Gasteiger partial charge in [-0.05, 0) is 52.3 Å². The Hall–Kier alpha value is -1.20. The van der Waals surface area contributed by atoms with Crippen LogP contribution in [0.4, 0.5) is 0 Å². The van der Waals surface area contributed by atoms with E-state index in [0.717, 1.165) is 31.8 Å². The van der Waals surface area contributed by atoms with E-state index in [9.17, 15) is 0 Å². The molecule has 0 aliphatic rings. The first-order valence-corrected chi connectivity index (χ1v) is 7.51. The van der Waals surface area contributed by atoms with E-state index in [1.807, 2.05) is 36.4 Å². The summed E-state index contributed by atoms with van der Waals surface area (Å²) in [5, 5.41) is 0. The topological polar surface area (TPSA) is 27.7 Å². The molecule has 3 nitrogen and oxygen atoms in total. The Kier molecular flexibility index (Phi) is 5.31. The fraction of sp³-hybridized carbons (Fsp3) is 0.200. The van der Waals surface area contributed by atoms with Gasteiger partial charge in [-0.2, -0.15) is 0 Å². The number of benzene rings is 2. The Balaban J connectivity index is 2.12.